The second kappa shape index (κ2) is 13.5. The van der Waals surface area contributed by atoms with E-state index in [4.69, 9.17) is 21.1 Å². The zero-order valence-electron chi connectivity index (χ0n) is 29.9. The van der Waals surface area contributed by atoms with E-state index >= 15 is 0 Å². The molecule has 3 aliphatic rings. The van der Waals surface area contributed by atoms with Gasteiger partial charge in [-0.3, -0.25) is 24.0 Å². The Labute approximate surface area is 302 Å². The molecule has 1 aliphatic heterocycles. The fraction of sp³-hybridized carbons (Fsp3) is 0.571. The van der Waals surface area contributed by atoms with Crippen molar-refractivity contribution in [3.05, 3.63) is 42.1 Å². The number of amides is 4. The van der Waals surface area contributed by atoms with Crippen molar-refractivity contribution in [3.63, 3.8) is 0 Å². The molecule has 0 unspecified atom stereocenters. The lowest BCUT2D eigenvalue weighted by Gasteiger charge is -2.46. The summed E-state index contributed by atoms with van der Waals surface area (Å²) in [5.74, 6) is -2.13. The van der Waals surface area contributed by atoms with Crippen LogP contribution >= 0.6 is 11.6 Å². The van der Waals surface area contributed by atoms with Gasteiger partial charge in [0.1, 0.15) is 29.5 Å². The molecule has 2 aromatic rings. The number of carbonyl (C=O) groups excluding carboxylic acids is 3. The Hall–Kier alpha value is -4.11. The monoisotopic (exact) mass is 747 g/mol. The molecule has 0 bridgehead atoms. The summed E-state index contributed by atoms with van der Waals surface area (Å²) in [5, 5.41) is 14.1. The SMILES string of the molecule is C=C[C@@H]1C[C@]1(NC(=O)[C@@H]1C[C@@H](Oc2ncc(OC)c3ccc(Cl)cc23)CN1C(=O)[C@@H](N(C(=O)O)C(C)(C)C)C(C)(C)C)C(=O)NS(=O)(=O)C1CC1. The molecule has 1 saturated heterocycles. The van der Waals surface area contributed by atoms with Gasteiger partial charge in [-0.15, -0.1) is 6.58 Å². The Morgan fingerprint density at radius 3 is 2.35 bits per heavy atom. The molecule has 5 atom stereocenters. The maximum Gasteiger partial charge on any atom is 0.408 e. The topological polar surface area (TPSA) is 185 Å². The second-order valence-electron chi connectivity index (χ2n) is 15.6. The highest BCUT2D eigenvalue weighted by atomic mass is 35.5. The number of methoxy groups -OCH3 is 1. The van der Waals surface area contributed by atoms with Crippen molar-refractivity contribution in [3.8, 4) is 11.6 Å². The summed E-state index contributed by atoms with van der Waals surface area (Å²) in [4.78, 5) is 62.0. The number of ether oxygens (including phenoxy) is 2. The zero-order valence-corrected chi connectivity index (χ0v) is 31.4. The number of hydrogen-bond acceptors (Lipinski definition) is 9. The third-order valence-electron chi connectivity index (χ3n) is 9.61. The van der Waals surface area contributed by atoms with E-state index in [0.29, 0.717) is 34.4 Å². The number of nitrogens with zero attached hydrogens (tertiary/aromatic N) is 3. The van der Waals surface area contributed by atoms with Crippen LogP contribution in [0.15, 0.2) is 37.1 Å². The van der Waals surface area contributed by atoms with Crippen LogP contribution in [-0.2, 0) is 24.4 Å². The summed E-state index contributed by atoms with van der Waals surface area (Å²) in [6.45, 7) is 13.9. The number of rotatable bonds is 11. The van der Waals surface area contributed by atoms with Gasteiger partial charge < -0.3 is 24.8 Å². The van der Waals surface area contributed by atoms with Crippen LogP contribution < -0.4 is 19.5 Å². The van der Waals surface area contributed by atoms with Gasteiger partial charge in [0, 0.05) is 33.7 Å². The van der Waals surface area contributed by atoms with Gasteiger partial charge in [0.25, 0.3) is 5.91 Å². The lowest BCUT2D eigenvalue weighted by atomic mass is 9.82. The molecule has 0 spiro atoms. The van der Waals surface area contributed by atoms with Crippen molar-refractivity contribution >= 4 is 56.2 Å². The van der Waals surface area contributed by atoms with E-state index in [9.17, 15) is 32.7 Å². The third-order valence-corrected chi connectivity index (χ3v) is 11.7. The fourth-order valence-corrected chi connectivity index (χ4v) is 8.32. The zero-order chi connectivity index (χ0) is 37.8. The number of fused-ring (bicyclic) bond motifs is 1. The van der Waals surface area contributed by atoms with Crippen molar-refractivity contribution in [2.75, 3.05) is 13.7 Å². The second-order valence-corrected chi connectivity index (χ2v) is 18.0. The number of sulfonamides is 1. The Kier molecular flexibility index (Phi) is 10.1. The predicted molar refractivity (Wildman–Crippen MR) is 190 cm³/mol. The molecule has 2 saturated carbocycles. The summed E-state index contributed by atoms with van der Waals surface area (Å²) in [5.41, 5.74) is -3.52. The summed E-state index contributed by atoms with van der Waals surface area (Å²) < 4.78 is 39.3. The quantitative estimate of drug-likeness (QED) is 0.283. The normalized spacial score (nSPS) is 24.0. The molecule has 278 valence electrons. The highest BCUT2D eigenvalue weighted by Gasteiger charge is 2.62. The number of benzene rings is 1. The number of carbonyl (C=O) groups is 4. The number of hydrogen-bond donors (Lipinski definition) is 3. The number of aromatic nitrogens is 1. The number of likely N-dealkylation sites (tertiary alicyclic amines) is 1. The van der Waals surface area contributed by atoms with Gasteiger partial charge in [-0.2, -0.15) is 0 Å². The first-order valence-electron chi connectivity index (χ1n) is 16.8. The van der Waals surface area contributed by atoms with E-state index in [0.717, 1.165) is 4.90 Å². The molecule has 5 rings (SSSR count). The smallest absolute Gasteiger partial charge is 0.408 e. The first-order chi connectivity index (χ1) is 23.6. The van der Waals surface area contributed by atoms with Crippen molar-refractivity contribution in [2.24, 2.45) is 11.3 Å². The average molecular weight is 748 g/mol. The molecule has 1 aromatic carbocycles. The van der Waals surface area contributed by atoms with Gasteiger partial charge in [-0.25, -0.2) is 18.2 Å². The Bertz CT molecular complexity index is 1870. The molecule has 4 amide bonds. The minimum absolute atomic E-state index is 0.0520. The minimum Gasteiger partial charge on any atom is -0.494 e. The van der Waals surface area contributed by atoms with E-state index in [-0.39, 0.29) is 25.3 Å². The van der Waals surface area contributed by atoms with Gasteiger partial charge >= 0.3 is 6.09 Å². The molecule has 3 fully saturated rings. The molecule has 2 heterocycles. The van der Waals surface area contributed by atoms with Gasteiger partial charge in [-0.1, -0.05) is 38.4 Å². The fourth-order valence-electron chi connectivity index (χ4n) is 6.78. The first kappa shape index (κ1) is 38.1. The maximum absolute atomic E-state index is 14.7. The number of halogens is 1. The highest BCUT2D eigenvalue weighted by Crippen LogP contribution is 2.46. The molecular formula is C35H46ClN5O9S. The van der Waals surface area contributed by atoms with Gasteiger partial charge in [0.2, 0.25) is 27.7 Å². The standard InChI is InChI=1S/C35H46ClN5O9S/c1-9-19-16-35(19,31(44)39-51(47,48)22-11-12-22)38-28(42)25-15-21(50-29-24-14-20(36)10-13-23(24)26(49-8)17-37-29)18-40(25)30(43)27(33(2,3)4)41(32(45)46)34(5,6)7/h9-10,13-14,17,19,21-22,25,27H,1,11-12,15-16,18H2,2-8H3,(H,38,42)(H,39,44)(H,45,46)/t19-,21-,25+,27-,35-/m1/s1. The lowest BCUT2D eigenvalue weighted by molar-refractivity contribution is -0.148. The summed E-state index contributed by atoms with van der Waals surface area (Å²) in [7, 11) is -2.42. The number of carboxylic acid groups (broad SMARTS) is 1. The number of nitrogens with one attached hydrogen (secondary N) is 2. The Balaban J connectivity index is 1.52. The minimum atomic E-state index is -3.93. The highest BCUT2D eigenvalue weighted by molar-refractivity contribution is 7.91. The molecule has 14 nitrogen and oxygen atoms in total. The largest absolute Gasteiger partial charge is 0.494 e. The number of pyridine rings is 1. The van der Waals surface area contributed by atoms with Crippen molar-refractivity contribution in [1.29, 1.82) is 0 Å². The molecule has 1 aromatic heterocycles. The van der Waals surface area contributed by atoms with Crippen LogP contribution in [0.4, 0.5) is 4.79 Å². The third kappa shape index (κ3) is 7.59. The van der Waals surface area contributed by atoms with Crippen molar-refractivity contribution in [1.82, 2.24) is 24.8 Å². The van der Waals surface area contributed by atoms with Crippen LogP contribution in [0.2, 0.25) is 5.02 Å². The maximum atomic E-state index is 14.7. The van der Waals surface area contributed by atoms with E-state index in [1.165, 1.54) is 24.3 Å². The van der Waals surface area contributed by atoms with Crippen LogP contribution in [0, 0.1) is 11.3 Å². The molecule has 0 radical (unpaired) electrons. The van der Waals surface area contributed by atoms with Gasteiger partial charge in [0.15, 0.2) is 0 Å². The van der Waals surface area contributed by atoms with Crippen LogP contribution in [0.25, 0.3) is 10.8 Å². The summed E-state index contributed by atoms with van der Waals surface area (Å²) in [6, 6.07) is 2.65. The molecule has 3 N–H and O–H groups in total. The van der Waals surface area contributed by atoms with Gasteiger partial charge in [0.05, 0.1) is 25.1 Å². The molecular weight excluding hydrogens is 702 g/mol. The predicted octanol–water partition coefficient (Wildman–Crippen LogP) is 4.11. The van der Waals surface area contributed by atoms with E-state index in [1.807, 2.05) is 0 Å². The van der Waals surface area contributed by atoms with Gasteiger partial charge in [-0.05, 0) is 63.6 Å². The molecule has 2 aliphatic carbocycles. The Morgan fingerprint density at radius 1 is 1.16 bits per heavy atom. The first-order valence-corrected chi connectivity index (χ1v) is 18.7. The summed E-state index contributed by atoms with van der Waals surface area (Å²) >= 11 is 6.32. The van der Waals surface area contributed by atoms with Crippen molar-refractivity contribution in [2.45, 2.75) is 102 Å². The van der Waals surface area contributed by atoms with Crippen LogP contribution in [-0.4, -0.2) is 100 Å². The average Bonchev–Trinajstić information content (AvgIpc) is 3.95. The van der Waals surface area contributed by atoms with E-state index in [1.54, 1.807) is 59.7 Å². The lowest BCUT2D eigenvalue weighted by Crippen LogP contribution is -2.64. The van der Waals surface area contributed by atoms with E-state index < -0.39 is 79.7 Å². The molecule has 16 heteroatoms. The van der Waals surface area contributed by atoms with Crippen LogP contribution in [0.1, 0.15) is 67.2 Å². The van der Waals surface area contributed by atoms with E-state index in [2.05, 4.69) is 21.6 Å². The van der Waals surface area contributed by atoms with Crippen LogP contribution in [0.3, 0.4) is 0 Å². The van der Waals surface area contributed by atoms with Crippen LogP contribution in [0.5, 0.6) is 11.6 Å². The van der Waals surface area contributed by atoms with Crippen molar-refractivity contribution < 1.29 is 42.2 Å². The summed E-state index contributed by atoms with van der Waals surface area (Å²) in [6.07, 6.45) is 1.77. The molecule has 51 heavy (non-hydrogen) atoms. The Morgan fingerprint density at radius 2 is 1.82 bits per heavy atom.